The minimum atomic E-state index is -4.55. The molecule has 2 N–H and O–H groups in total. The highest BCUT2D eigenvalue weighted by Crippen LogP contribution is 2.36. The standard InChI is InChI=1S/C24H32F3N4OP/c1-16-12-17(2)14-18(13-16)6-5-11-28-22-21(24(25,26)27)15-29-23(31-22)30-19-7-9-20(10-8-19)33(3,4)32/h7-10,15,17-18H,1,5-6,11-14H2,2-4H3,(H2,28,29,30,31). The number of halogens is 3. The van der Waals surface area contributed by atoms with Gasteiger partial charge in [0, 0.05) is 23.7 Å². The van der Waals surface area contributed by atoms with Crippen molar-refractivity contribution in [2.75, 3.05) is 30.5 Å². The molecule has 1 heterocycles. The molecule has 1 saturated carbocycles. The molecule has 0 saturated heterocycles. The maximum absolute atomic E-state index is 13.5. The van der Waals surface area contributed by atoms with E-state index in [9.17, 15) is 17.7 Å². The summed E-state index contributed by atoms with van der Waals surface area (Å²) < 4.78 is 52.6. The number of nitrogens with zero attached hydrogens (tertiary/aromatic N) is 2. The summed E-state index contributed by atoms with van der Waals surface area (Å²) in [5.41, 5.74) is 0.983. The fraction of sp³-hybridized carbons (Fsp3) is 0.500. The van der Waals surface area contributed by atoms with E-state index in [1.807, 2.05) is 0 Å². The van der Waals surface area contributed by atoms with Crippen LogP contribution in [0.2, 0.25) is 0 Å². The highest BCUT2D eigenvalue weighted by Gasteiger charge is 2.35. The first kappa shape index (κ1) is 25.3. The minimum absolute atomic E-state index is 0.0619. The lowest BCUT2D eigenvalue weighted by Gasteiger charge is -2.28. The zero-order chi connectivity index (χ0) is 24.2. The molecule has 0 radical (unpaired) electrons. The van der Waals surface area contributed by atoms with E-state index in [4.69, 9.17) is 0 Å². The Kier molecular flexibility index (Phi) is 7.88. The van der Waals surface area contributed by atoms with E-state index in [1.165, 1.54) is 5.57 Å². The van der Waals surface area contributed by atoms with Gasteiger partial charge in [-0.05, 0) is 81.5 Å². The van der Waals surface area contributed by atoms with Gasteiger partial charge in [0.15, 0.2) is 0 Å². The van der Waals surface area contributed by atoms with Crippen molar-refractivity contribution in [2.24, 2.45) is 11.8 Å². The van der Waals surface area contributed by atoms with Crippen LogP contribution in [0, 0.1) is 11.8 Å². The van der Waals surface area contributed by atoms with Gasteiger partial charge < -0.3 is 15.2 Å². The summed E-state index contributed by atoms with van der Waals surface area (Å²) in [4.78, 5) is 7.94. The topological polar surface area (TPSA) is 66.9 Å². The molecule has 0 spiro atoms. The SMILES string of the molecule is C=C1CC(C)CC(CCCNc2nc(Nc3ccc(P(C)(C)=O)cc3)ncc2C(F)(F)F)C1. The van der Waals surface area contributed by atoms with Gasteiger partial charge in [-0.1, -0.05) is 19.1 Å². The number of hydrogen-bond donors (Lipinski definition) is 2. The number of benzene rings is 1. The third kappa shape index (κ3) is 7.32. The van der Waals surface area contributed by atoms with Gasteiger partial charge in [-0.15, -0.1) is 0 Å². The minimum Gasteiger partial charge on any atom is -0.369 e. The average molecular weight is 481 g/mol. The smallest absolute Gasteiger partial charge is 0.369 e. The number of rotatable bonds is 8. The summed E-state index contributed by atoms with van der Waals surface area (Å²) in [6.45, 7) is 10.1. The molecule has 2 aromatic rings. The lowest BCUT2D eigenvalue weighted by molar-refractivity contribution is -0.137. The summed E-state index contributed by atoms with van der Waals surface area (Å²) >= 11 is 0. The van der Waals surface area contributed by atoms with Crippen LogP contribution in [-0.4, -0.2) is 29.8 Å². The van der Waals surface area contributed by atoms with E-state index in [0.29, 0.717) is 24.1 Å². The van der Waals surface area contributed by atoms with Gasteiger partial charge in [0.05, 0.1) is 0 Å². The Morgan fingerprint density at radius 1 is 1.18 bits per heavy atom. The molecule has 1 aromatic heterocycles. The van der Waals surface area contributed by atoms with Gasteiger partial charge in [0.2, 0.25) is 5.95 Å². The van der Waals surface area contributed by atoms with Gasteiger partial charge in [-0.2, -0.15) is 18.2 Å². The second-order valence-corrected chi connectivity index (χ2v) is 12.6. The lowest BCUT2D eigenvalue weighted by atomic mass is 9.78. The van der Waals surface area contributed by atoms with E-state index in [1.54, 1.807) is 37.6 Å². The second kappa shape index (κ2) is 10.3. The van der Waals surface area contributed by atoms with Crippen LogP contribution in [0.4, 0.5) is 30.6 Å². The number of nitrogens with one attached hydrogen (secondary N) is 2. The maximum atomic E-state index is 13.5. The van der Waals surface area contributed by atoms with Crippen LogP contribution in [-0.2, 0) is 10.7 Å². The fourth-order valence-electron chi connectivity index (χ4n) is 4.35. The molecule has 3 rings (SSSR count). The van der Waals surface area contributed by atoms with Gasteiger partial charge >= 0.3 is 6.18 Å². The Morgan fingerprint density at radius 2 is 1.88 bits per heavy atom. The highest BCUT2D eigenvalue weighted by molar-refractivity contribution is 7.70. The summed E-state index contributed by atoms with van der Waals surface area (Å²) in [5.74, 6) is 0.987. The van der Waals surface area contributed by atoms with Crippen LogP contribution in [0.15, 0.2) is 42.6 Å². The first-order valence-corrected chi connectivity index (χ1v) is 13.8. The molecule has 1 fully saturated rings. The van der Waals surface area contributed by atoms with Crippen LogP contribution < -0.4 is 15.9 Å². The molecule has 9 heteroatoms. The number of hydrogen-bond acceptors (Lipinski definition) is 5. The van der Waals surface area contributed by atoms with Crippen molar-refractivity contribution in [1.29, 1.82) is 0 Å². The number of allylic oxidation sites excluding steroid dienone is 1. The normalized spacial score (nSPS) is 19.4. The monoisotopic (exact) mass is 480 g/mol. The second-order valence-electron chi connectivity index (χ2n) is 9.41. The average Bonchev–Trinajstić information content (AvgIpc) is 2.69. The Bertz CT molecular complexity index is 1020. The van der Waals surface area contributed by atoms with Crippen molar-refractivity contribution in [3.8, 4) is 0 Å². The highest BCUT2D eigenvalue weighted by atomic mass is 31.2. The maximum Gasteiger partial charge on any atom is 0.421 e. The molecule has 33 heavy (non-hydrogen) atoms. The Hall–Kier alpha value is -2.34. The Morgan fingerprint density at radius 3 is 2.48 bits per heavy atom. The van der Waals surface area contributed by atoms with Crippen LogP contribution in [0.25, 0.3) is 0 Å². The molecule has 2 unspecified atom stereocenters. The third-order valence-corrected chi connectivity index (χ3v) is 7.41. The molecule has 0 bridgehead atoms. The van der Waals surface area contributed by atoms with Gasteiger partial charge in [0.25, 0.3) is 0 Å². The molecular formula is C24H32F3N4OP. The van der Waals surface area contributed by atoms with E-state index in [2.05, 4.69) is 34.1 Å². The van der Waals surface area contributed by atoms with Gasteiger partial charge in [-0.3, -0.25) is 0 Å². The third-order valence-electron chi connectivity index (χ3n) is 5.87. The predicted octanol–water partition coefficient (Wildman–Crippen LogP) is 6.67. The van der Waals surface area contributed by atoms with Crippen LogP contribution in [0.3, 0.4) is 0 Å². The fourth-order valence-corrected chi connectivity index (χ4v) is 5.22. The lowest BCUT2D eigenvalue weighted by Crippen LogP contribution is -2.17. The molecule has 1 aliphatic carbocycles. The van der Waals surface area contributed by atoms with Crippen LogP contribution >= 0.6 is 7.14 Å². The quantitative estimate of drug-likeness (QED) is 0.251. The summed E-state index contributed by atoms with van der Waals surface area (Å²) in [7, 11) is -2.39. The van der Waals surface area contributed by atoms with E-state index < -0.39 is 18.9 Å². The molecule has 0 aliphatic heterocycles. The summed E-state index contributed by atoms with van der Waals surface area (Å²) in [6.07, 6.45) is 1.15. The first-order chi connectivity index (χ1) is 15.4. The largest absolute Gasteiger partial charge is 0.421 e. The molecule has 2 atom stereocenters. The van der Waals surface area contributed by atoms with Crippen LogP contribution in [0.1, 0.15) is 44.6 Å². The van der Waals surface area contributed by atoms with Gasteiger partial charge in [0.1, 0.15) is 18.5 Å². The Balaban J connectivity index is 1.66. The first-order valence-electron chi connectivity index (χ1n) is 11.2. The van der Waals surface area contributed by atoms with Crippen molar-refractivity contribution in [2.45, 2.75) is 45.2 Å². The summed E-state index contributed by atoms with van der Waals surface area (Å²) in [6, 6.07) is 6.88. The van der Waals surface area contributed by atoms with Crippen LogP contribution in [0.5, 0.6) is 0 Å². The van der Waals surface area contributed by atoms with Crippen molar-refractivity contribution in [3.05, 3.63) is 48.2 Å². The number of alkyl halides is 3. The number of aromatic nitrogens is 2. The zero-order valence-electron chi connectivity index (χ0n) is 19.4. The molecule has 0 amide bonds. The molecule has 1 aliphatic rings. The zero-order valence-corrected chi connectivity index (χ0v) is 20.3. The number of anilines is 3. The van der Waals surface area contributed by atoms with E-state index >= 15 is 0 Å². The van der Waals surface area contributed by atoms with Crippen molar-refractivity contribution in [3.63, 3.8) is 0 Å². The molecule has 1 aromatic carbocycles. The van der Waals surface area contributed by atoms with Gasteiger partial charge in [-0.25, -0.2) is 4.98 Å². The molecule has 5 nitrogen and oxygen atoms in total. The van der Waals surface area contributed by atoms with E-state index in [0.717, 1.165) is 43.6 Å². The van der Waals surface area contributed by atoms with Crippen molar-refractivity contribution >= 4 is 29.9 Å². The van der Waals surface area contributed by atoms with Crippen molar-refractivity contribution < 1.29 is 17.7 Å². The van der Waals surface area contributed by atoms with E-state index in [-0.39, 0.29) is 11.8 Å². The Labute approximate surface area is 193 Å². The summed E-state index contributed by atoms with van der Waals surface area (Å²) in [5, 5.41) is 6.51. The molecular weight excluding hydrogens is 448 g/mol. The predicted molar refractivity (Wildman–Crippen MR) is 129 cm³/mol. The molecule has 180 valence electrons. The van der Waals surface area contributed by atoms with Crippen molar-refractivity contribution in [1.82, 2.24) is 9.97 Å².